The van der Waals surface area contributed by atoms with E-state index in [0.717, 1.165) is 11.1 Å². The Morgan fingerprint density at radius 2 is 1.75 bits per heavy atom. The zero-order valence-electron chi connectivity index (χ0n) is 13.5. The van der Waals surface area contributed by atoms with Crippen LogP contribution in [-0.4, -0.2) is 21.1 Å². The Morgan fingerprint density at radius 1 is 1.08 bits per heavy atom. The fourth-order valence-electron chi connectivity index (χ4n) is 2.26. The number of ketones is 1. The third-order valence-corrected chi connectivity index (χ3v) is 3.65. The van der Waals surface area contributed by atoms with E-state index in [4.69, 9.17) is 0 Å². The molecule has 0 radical (unpaired) electrons. The minimum Gasteiger partial charge on any atom is -0.508 e. The lowest BCUT2D eigenvalue weighted by Crippen LogP contribution is -1.99. The van der Waals surface area contributed by atoms with Crippen molar-refractivity contribution < 1.29 is 20.1 Å². The average molecular weight is 324 g/mol. The molecule has 0 saturated heterocycles. The number of carbonyl (C=O) groups excluding carboxylic acids is 1. The van der Waals surface area contributed by atoms with Gasteiger partial charge in [0.05, 0.1) is 5.56 Å². The monoisotopic (exact) mass is 324 g/mol. The second-order valence-corrected chi connectivity index (χ2v) is 5.71. The second-order valence-electron chi connectivity index (χ2n) is 5.71. The van der Waals surface area contributed by atoms with Gasteiger partial charge in [-0.25, -0.2) is 0 Å². The minimum atomic E-state index is -0.364. The zero-order valence-corrected chi connectivity index (χ0v) is 13.5. The molecule has 0 fully saturated rings. The summed E-state index contributed by atoms with van der Waals surface area (Å²) in [4.78, 5) is 12.3. The molecule has 0 bridgehead atoms. The molecule has 0 heterocycles. The summed E-state index contributed by atoms with van der Waals surface area (Å²) in [7, 11) is 0. The third kappa shape index (κ3) is 4.26. The lowest BCUT2D eigenvalue weighted by atomic mass is 9.99. The van der Waals surface area contributed by atoms with Crippen LogP contribution in [0.2, 0.25) is 0 Å². The Labute approximate surface area is 141 Å². The van der Waals surface area contributed by atoms with Crippen LogP contribution in [0.3, 0.4) is 0 Å². The lowest BCUT2D eigenvalue weighted by Gasteiger charge is -2.10. The van der Waals surface area contributed by atoms with Crippen molar-refractivity contribution in [2.24, 2.45) is 0 Å². The van der Waals surface area contributed by atoms with Crippen molar-refractivity contribution in [2.45, 2.75) is 19.8 Å². The molecule has 0 aliphatic carbocycles. The molecular formula is C20H20O4. The van der Waals surface area contributed by atoms with E-state index in [1.165, 1.54) is 30.3 Å². The van der Waals surface area contributed by atoms with Crippen LogP contribution in [0.25, 0.3) is 6.08 Å². The third-order valence-electron chi connectivity index (χ3n) is 3.65. The first-order valence-electron chi connectivity index (χ1n) is 7.58. The van der Waals surface area contributed by atoms with Gasteiger partial charge < -0.3 is 15.3 Å². The topological polar surface area (TPSA) is 77.8 Å². The maximum absolute atomic E-state index is 12.3. The Morgan fingerprint density at radius 3 is 2.38 bits per heavy atom. The van der Waals surface area contributed by atoms with E-state index in [2.05, 4.69) is 6.58 Å². The van der Waals surface area contributed by atoms with Gasteiger partial charge in [0.25, 0.3) is 0 Å². The predicted molar refractivity (Wildman–Crippen MR) is 94.4 cm³/mol. The summed E-state index contributed by atoms with van der Waals surface area (Å²) in [5.41, 5.74) is 2.17. The van der Waals surface area contributed by atoms with E-state index < -0.39 is 0 Å². The highest BCUT2D eigenvalue weighted by atomic mass is 16.3. The van der Waals surface area contributed by atoms with Gasteiger partial charge in [-0.3, -0.25) is 4.79 Å². The second kappa shape index (κ2) is 7.51. The first-order chi connectivity index (χ1) is 11.4. The summed E-state index contributed by atoms with van der Waals surface area (Å²) in [5, 5.41) is 29.5. The molecule has 24 heavy (non-hydrogen) atoms. The molecule has 0 aliphatic rings. The van der Waals surface area contributed by atoms with Crippen LogP contribution in [0, 0.1) is 0 Å². The molecule has 0 unspecified atom stereocenters. The van der Waals surface area contributed by atoms with Gasteiger partial charge in [-0.2, -0.15) is 0 Å². The zero-order chi connectivity index (χ0) is 17.7. The lowest BCUT2D eigenvalue weighted by molar-refractivity contribution is 0.104. The highest BCUT2D eigenvalue weighted by molar-refractivity contribution is 6.09. The Balaban J connectivity index is 2.24. The average Bonchev–Trinajstić information content (AvgIpc) is 2.53. The quantitative estimate of drug-likeness (QED) is 0.422. The SMILES string of the molecule is C=C(C)CCc1c(O)ccc(C(=O)C=Cc2ccc(O)cc2)c1O. The maximum atomic E-state index is 12.3. The Bertz CT molecular complexity index is 786. The first kappa shape index (κ1) is 17.3. The number of benzene rings is 2. The Hall–Kier alpha value is -3.01. The van der Waals surface area contributed by atoms with Crippen LogP contribution in [-0.2, 0) is 6.42 Å². The fraction of sp³-hybridized carbons (Fsp3) is 0.150. The largest absolute Gasteiger partial charge is 0.508 e. The number of allylic oxidation sites excluding steroid dienone is 2. The standard InChI is InChI=1S/C20H20O4/c1-13(2)3-9-16-19(23)12-10-17(20(16)24)18(22)11-6-14-4-7-15(21)8-5-14/h4-8,10-12,21,23-24H,1,3,9H2,2H3. The van der Waals surface area contributed by atoms with Gasteiger partial charge in [0.2, 0.25) is 0 Å². The first-order valence-corrected chi connectivity index (χ1v) is 7.58. The molecule has 2 aromatic carbocycles. The van der Waals surface area contributed by atoms with E-state index in [1.807, 2.05) is 6.92 Å². The fourth-order valence-corrected chi connectivity index (χ4v) is 2.26. The van der Waals surface area contributed by atoms with Crippen molar-refractivity contribution in [1.82, 2.24) is 0 Å². The van der Waals surface area contributed by atoms with Gasteiger partial charge in [0, 0.05) is 5.56 Å². The molecule has 4 nitrogen and oxygen atoms in total. The normalized spacial score (nSPS) is 10.9. The van der Waals surface area contributed by atoms with Crippen LogP contribution in [0.1, 0.15) is 34.8 Å². The molecule has 2 aromatic rings. The molecular weight excluding hydrogens is 304 g/mol. The molecule has 4 heteroatoms. The van der Waals surface area contributed by atoms with Crippen LogP contribution < -0.4 is 0 Å². The molecule has 0 atom stereocenters. The highest BCUT2D eigenvalue weighted by Crippen LogP contribution is 2.32. The number of hydrogen-bond donors (Lipinski definition) is 3. The van der Waals surface area contributed by atoms with Crippen molar-refractivity contribution in [3.8, 4) is 17.2 Å². The minimum absolute atomic E-state index is 0.0344. The number of rotatable bonds is 6. The molecule has 2 rings (SSSR count). The van der Waals surface area contributed by atoms with Gasteiger partial charge in [-0.15, -0.1) is 6.58 Å². The summed E-state index contributed by atoms with van der Waals surface area (Å²) in [6, 6.07) is 9.21. The summed E-state index contributed by atoms with van der Waals surface area (Å²) >= 11 is 0. The van der Waals surface area contributed by atoms with Gasteiger partial charge in [-0.05, 0) is 55.7 Å². The van der Waals surface area contributed by atoms with E-state index in [0.29, 0.717) is 18.4 Å². The van der Waals surface area contributed by atoms with Crippen LogP contribution in [0.15, 0.2) is 54.6 Å². The molecule has 0 aliphatic heterocycles. The number of phenolic OH excluding ortho intramolecular Hbond substituents is 3. The summed E-state index contributed by atoms with van der Waals surface area (Å²) in [6.07, 6.45) is 3.97. The van der Waals surface area contributed by atoms with Crippen LogP contribution in [0.5, 0.6) is 17.2 Å². The molecule has 0 amide bonds. The predicted octanol–water partition coefficient (Wildman–Crippen LogP) is 4.21. The van der Waals surface area contributed by atoms with Gasteiger partial charge in [-0.1, -0.05) is 23.8 Å². The Kier molecular flexibility index (Phi) is 5.42. The highest BCUT2D eigenvalue weighted by Gasteiger charge is 2.16. The van der Waals surface area contributed by atoms with Crippen molar-refractivity contribution >= 4 is 11.9 Å². The molecule has 0 aromatic heterocycles. The maximum Gasteiger partial charge on any atom is 0.189 e. The van der Waals surface area contributed by atoms with E-state index in [1.54, 1.807) is 18.2 Å². The molecule has 0 saturated carbocycles. The summed E-state index contributed by atoms with van der Waals surface area (Å²) in [5.74, 6) is -0.446. The molecule has 124 valence electrons. The van der Waals surface area contributed by atoms with Crippen molar-refractivity contribution in [3.05, 3.63) is 71.3 Å². The van der Waals surface area contributed by atoms with Crippen molar-refractivity contribution in [1.29, 1.82) is 0 Å². The van der Waals surface area contributed by atoms with Gasteiger partial charge in [0.15, 0.2) is 5.78 Å². The van der Waals surface area contributed by atoms with Crippen molar-refractivity contribution in [3.63, 3.8) is 0 Å². The summed E-state index contributed by atoms with van der Waals surface area (Å²) in [6.45, 7) is 5.66. The van der Waals surface area contributed by atoms with Crippen LogP contribution >= 0.6 is 0 Å². The van der Waals surface area contributed by atoms with E-state index in [9.17, 15) is 20.1 Å². The molecule has 0 spiro atoms. The number of carbonyl (C=O) groups is 1. The number of hydrogen-bond acceptors (Lipinski definition) is 4. The molecule has 3 N–H and O–H groups in total. The van der Waals surface area contributed by atoms with Crippen LogP contribution in [0.4, 0.5) is 0 Å². The van der Waals surface area contributed by atoms with E-state index >= 15 is 0 Å². The summed E-state index contributed by atoms with van der Waals surface area (Å²) < 4.78 is 0. The van der Waals surface area contributed by atoms with Gasteiger partial charge >= 0.3 is 0 Å². The van der Waals surface area contributed by atoms with E-state index in [-0.39, 0.29) is 28.6 Å². The number of phenols is 3. The number of aromatic hydroxyl groups is 3. The van der Waals surface area contributed by atoms with Gasteiger partial charge in [0.1, 0.15) is 17.2 Å². The van der Waals surface area contributed by atoms with Crippen molar-refractivity contribution in [2.75, 3.05) is 0 Å². The smallest absolute Gasteiger partial charge is 0.189 e.